The average Bonchev–Trinajstić information content (AvgIpc) is 3.59. The summed E-state index contributed by atoms with van der Waals surface area (Å²) in [6, 6.07) is 57.5. The fraction of sp³-hybridized carbons (Fsp3) is 0.216. The van der Waals surface area contributed by atoms with Gasteiger partial charge in [0.05, 0.1) is 0 Å². The van der Waals surface area contributed by atoms with Crippen LogP contribution in [0.25, 0.3) is 55.0 Å². The lowest BCUT2D eigenvalue weighted by Gasteiger charge is -2.39. The number of nitrogens with zero attached hydrogens (tertiary/aromatic N) is 1. The van der Waals surface area contributed by atoms with E-state index < -0.39 is 0 Å². The quantitative estimate of drug-likeness (QED) is 0.158. The molecular formula is C51H45NO. The maximum Gasteiger partial charge on any atom is 0.137 e. The zero-order chi connectivity index (χ0) is 35.1. The number of benzene rings is 7. The lowest BCUT2D eigenvalue weighted by molar-refractivity contribution is 0.132. The fourth-order valence-electron chi connectivity index (χ4n) is 9.82. The summed E-state index contributed by atoms with van der Waals surface area (Å²) < 4.78 is 6.39. The summed E-state index contributed by atoms with van der Waals surface area (Å²) in [6.45, 7) is 0. The monoisotopic (exact) mass is 687 g/mol. The van der Waals surface area contributed by atoms with Crippen LogP contribution in [-0.4, -0.2) is 0 Å². The average molecular weight is 688 g/mol. The summed E-state index contributed by atoms with van der Waals surface area (Å²) in [5.41, 5.74) is 11.6. The summed E-state index contributed by atoms with van der Waals surface area (Å²) in [5, 5.41) is 4.83. The Bertz CT molecular complexity index is 2510. The number of hydrogen-bond donors (Lipinski definition) is 0. The van der Waals surface area contributed by atoms with E-state index in [2.05, 4.69) is 157 Å². The Labute approximate surface area is 312 Å². The molecule has 2 atom stereocenters. The first kappa shape index (κ1) is 32.1. The van der Waals surface area contributed by atoms with E-state index in [-0.39, 0.29) is 0 Å². The van der Waals surface area contributed by atoms with Crippen LogP contribution in [0.1, 0.15) is 50.5 Å². The van der Waals surface area contributed by atoms with E-state index in [0.717, 1.165) is 56.8 Å². The smallest absolute Gasteiger partial charge is 0.137 e. The Balaban J connectivity index is 1.00. The molecule has 8 aromatic rings. The first-order valence-electron chi connectivity index (χ1n) is 19.7. The fourth-order valence-corrected chi connectivity index (χ4v) is 9.82. The normalized spacial score (nSPS) is 18.5. The molecule has 0 aliphatic heterocycles. The van der Waals surface area contributed by atoms with Gasteiger partial charge in [-0.1, -0.05) is 128 Å². The Morgan fingerprint density at radius 1 is 0.509 bits per heavy atom. The van der Waals surface area contributed by atoms with Crippen LogP contribution in [-0.2, 0) is 6.42 Å². The van der Waals surface area contributed by atoms with E-state index in [4.69, 9.17) is 4.42 Å². The van der Waals surface area contributed by atoms with Crippen molar-refractivity contribution < 1.29 is 4.42 Å². The van der Waals surface area contributed by atoms with Crippen LogP contribution >= 0.6 is 0 Å². The summed E-state index contributed by atoms with van der Waals surface area (Å²) >= 11 is 0. The lowest BCUT2D eigenvalue weighted by Crippen LogP contribution is -2.27. The summed E-state index contributed by atoms with van der Waals surface area (Å²) in [4.78, 5) is 2.38. The molecule has 2 saturated carbocycles. The molecule has 2 aliphatic rings. The molecule has 2 bridgehead atoms. The van der Waals surface area contributed by atoms with E-state index in [1.165, 1.54) is 90.0 Å². The Morgan fingerprint density at radius 3 is 1.87 bits per heavy atom. The molecule has 0 N–H and O–H groups in total. The van der Waals surface area contributed by atoms with Gasteiger partial charge in [-0.15, -0.1) is 0 Å². The Kier molecular flexibility index (Phi) is 8.32. The number of aryl methyl sites for hydroxylation is 1. The summed E-state index contributed by atoms with van der Waals surface area (Å²) in [5.74, 6) is 2.88. The van der Waals surface area contributed by atoms with Crippen molar-refractivity contribution in [2.45, 2.75) is 51.4 Å². The van der Waals surface area contributed by atoms with Crippen molar-refractivity contribution in [1.29, 1.82) is 0 Å². The van der Waals surface area contributed by atoms with Crippen molar-refractivity contribution in [1.82, 2.24) is 0 Å². The van der Waals surface area contributed by atoms with Gasteiger partial charge < -0.3 is 9.32 Å². The van der Waals surface area contributed by atoms with Gasteiger partial charge in [-0.3, -0.25) is 0 Å². The molecule has 53 heavy (non-hydrogen) atoms. The second-order valence-electron chi connectivity index (χ2n) is 15.7. The largest absolute Gasteiger partial charge is 0.456 e. The molecule has 1 aromatic heterocycles. The van der Waals surface area contributed by atoms with Crippen molar-refractivity contribution in [3.8, 4) is 22.3 Å². The van der Waals surface area contributed by atoms with Crippen LogP contribution in [0.2, 0.25) is 0 Å². The molecule has 0 saturated heterocycles. The van der Waals surface area contributed by atoms with Gasteiger partial charge in [-0.2, -0.15) is 0 Å². The van der Waals surface area contributed by atoms with Crippen LogP contribution in [0.15, 0.2) is 162 Å². The number of rotatable bonds is 8. The SMILES string of the molecule is c1ccc(-c2cccc3cccc(-c4ccc(N(c5ccc(CCC6CC7CCCC(C7)C6)cc5)c5ccc6c(c5)oc5ccccc56)cc4)c23)cc1. The minimum Gasteiger partial charge on any atom is -0.456 e. The van der Waals surface area contributed by atoms with Crippen molar-refractivity contribution in [2.24, 2.45) is 17.8 Å². The lowest BCUT2D eigenvalue weighted by atomic mass is 9.67. The van der Waals surface area contributed by atoms with E-state index in [1.807, 2.05) is 6.07 Å². The van der Waals surface area contributed by atoms with Crippen LogP contribution in [0.5, 0.6) is 0 Å². The molecule has 2 aliphatic carbocycles. The second kappa shape index (κ2) is 13.7. The molecule has 2 nitrogen and oxygen atoms in total. The van der Waals surface area contributed by atoms with Gasteiger partial charge in [0.1, 0.15) is 11.2 Å². The van der Waals surface area contributed by atoms with Gasteiger partial charge in [-0.05, 0) is 131 Å². The van der Waals surface area contributed by atoms with Crippen LogP contribution < -0.4 is 4.90 Å². The van der Waals surface area contributed by atoms with Gasteiger partial charge in [-0.25, -0.2) is 0 Å². The highest BCUT2D eigenvalue weighted by atomic mass is 16.3. The maximum atomic E-state index is 6.39. The third-order valence-electron chi connectivity index (χ3n) is 12.3. The second-order valence-corrected chi connectivity index (χ2v) is 15.7. The van der Waals surface area contributed by atoms with Crippen LogP contribution in [0.3, 0.4) is 0 Å². The van der Waals surface area contributed by atoms with E-state index in [0.29, 0.717) is 0 Å². The number of furan rings is 1. The van der Waals surface area contributed by atoms with Gasteiger partial charge >= 0.3 is 0 Å². The number of para-hydroxylation sites is 1. The van der Waals surface area contributed by atoms with Crippen molar-refractivity contribution in [3.63, 3.8) is 0 Å². The molecule has 10 rings (SSSR count). The van der Waals surface area contributed by atoms with Crippen molar-refractivity contribution in [3.05, 3.63) is 163 Å². The molecule has 0 radical (unpaired) electrons. The topological polar surface area (TPSA) is 16.4 Å². The maximum absolute atomic E-state index is 6.39. The molecule has 1 heterocycles. The minimum atomic E-state index is 0.898. The summed E-state index contributed by atoms with van der Waals surface area (Å²) in [6.07, 6.45) is 11.3. The number of anilines is 3. The van der Waals surface area contributed by atoms with E-state index in [9.17, 15) is 0 Å². The molecule has 2 heteroatoms. The van der Waals surface area contributed by atoms with Gasteiger partial charge in [0.15, 0.2) is 0 Å². The molecule has 2 fully saturated rings. The predicted molar refractivity (Wildman–Crippen MR) is 223 cm³/mol. The van der Waals surface area contributed by atoms with Gasteiger partial charge in [0.25, 0.3) is 0 Å². The predicted octanol–water partition coefficient (Wildman–Crippen LogP) is 14.7. The third-order valence-corrected chi connectivity index (χ3v) is 12.3. The molecule has 0 amide bonds. The highest BCUT2D eigenvalue weighted by Crippen LogP contribution is 2.45. The Hall–Kier alpha value is -5.60. The minimum absolute atomic E-state index is 0.898. The van der Waals surface area contributed by atoms with Gasteiger partial charge in [0.2, 0.25) is 0 Å². The molecule has 7 aromatic carbocycles. The highest BCUT2D eigenvalue weighted by Gasteiger charge is 2.31. The zero-order valence-corrected chi connectivity index (χ0v) is 30.3. The van der Waals surface area contributed by atoms with E-state index in [1.54, 1.807) is 0 Å². The van der Waals surface area contributed by atoms with E-state index >= 15 is 0 Å². The summed E-state index contributed by atoms with van der Waals surface area (Å²) in [7, 11) is 0. The molecular weight excluding hydrogens is 643 g/mol. The standard InChI is InChI=1S/C51H45NO/c1-2-11-39(12-3-1)45-16-7-13-41-14-8-17-46(51(41)45)40-23-27-43(28-24-40)52(44-29-30-48-47-15-4-5-18-49(47)53-50(48)34-44)42-25-21-35(22-26-42)19-20-38-32-36-9-6-10-37(31-36)33-38/h1-5,7-8,11-18,21-30,34,36-38H,6,9-10,19-20,31-33H2. The van der Waals surface area contributed by atoms with Gasteiger partial charge in [0, 0.05) is 33.9 Å². The van der Waals surface area contributed by atoms with Crippen molar-refractivity contribution in [2.75, 3.05) is 4.90 Å². The zero-order valence-electron chi connectivity index (χ0n) is 30.3. The number of hydrogen-bond acceptors (Lipinski definition) is 2. The Morgan fingerprint density at radius 2 is 1.13 bits per heavy atom. The van der Waals surface area contributed by atoms with Crippen molar-refractivity contribution >= 4 is 49.8 Å². The third kappa shape index (κ3) is 6.21. The highest BCUT2D eigenvalue weighted by molar-refractivity contribution is 6.07. The van der Waals surface area contributed by atoms with Crippen LogP contribution in [0, 0.1) is 17.8 Å². The first-order valence-corrected chi connectivity index (χ1v) is 19.7. The molecule has 0 spiro atoms. The first-order chi connectivity index (χ1) is 26.2. The number of fused-ring (bicyclic) bond motifs is 6. The van der Waals surface area contributed by atoms with Crippen LogP contribution in [0.4, 0.5) is 17.1 Å². The molecule has 2 unspecified atom stereocenters. The molecule has 260 valence electrons.